The van der Waals surface area contributed by atoms with Gasteiger partial charge in [-0.2, -0.15) is 0 Å². The molecule has 0 saturated heterocycles. The number of nitrogens with two attached hydrogens (primary N) is 1. The fraction of sp³-hybridized carbons (Fsp3) is 0.208. The number of aromatic nitrogens is 2. The van der Waals surface area contributed by atoms with E-state index in [2.05, 4.69) is 20.6 Å². The molecule has 3 amide bonds. The number of rotatable bonds is 7. The highest BCUT2D eigenvalue weighted by Crippen LogP contribution is 2.28. The molecule has 170 valence electrons. The number of aryl methyl sites for hydroxylation is 2. The Labute approximate surface area is 188 Å². The SMILES string of the molecule is Cc1[nH]c2c(F)ccc(C)c2c1CCNC(=O)c1cc2ccc(C(=O)NCC(N)=O)cc2[nH]1. The van der Waals surface area contributed by atoms with Crippen molar-refractivity contribution in [3.05, 3.63) is 70.3 Å². The van der Waals surface area contributed by atoms with Crippen molar-refractivity contribution in [3.8, 4) is 0 Å². The van der Waals surface area contributed by atoms with Crippen LogP contribution in [-0.4, -0.2) is 40.8 Å². The van der Waals surface area contributed by atoms with E-state index in [0.717, 1.165) is 27.6 Å². The lowest BCUT2D eigenvalue weighted by Crippen LogP contribution is -2.33. The molecule has 4 aromatic rings. The van der Waals surface area contributed by atoms with Crippen molar-refractivity contribution in [3.63, 3.8) is 0 Å². The summed E-state index contributed by atoms with van der Waals surface area (Å²) >= 11 is 0. The van der Waals surface area contributed by atoms with Crippen LogP contribution in [0.5, 0.6) is 0 Å². The van der Waals surface area contributed by atoms with Crippen molar-refractivity contribution in [2.75, 3.05) is 13.1 Å². The maximum atomic E-state index is 14.1. The fourth-order valence-electron chi connectivity index (χ4n) is 4.01. The zero-order valence-corrected chi connectivity index (χ0v) is 18.3. The van der Waals surface area contributed by atoms with Crippen LogP contribution in [0.2, 0.25) is 0 Å². The predicted octanol–water partition coefficient (Wildman–Crippen LogP) is 2.59. The second-order valence-electron chi connectivity index (χ2n) is 7.98. The molecule has 2 aromatic heterocycles. The molecule has 2 heterocycles. The first-order valence-corrected chi connectivity index (χ1v) is 10.5. The van der Waals surface area contributed by atoms with Crippen LogP contribution in [0.15, 0.2) is 36.4 Å². The second-order valence-corrected chi connectivity index (χ2v) is 7.98. The molecule has 33 heavy (non-hydrogen) atoms. The summed E-state index contributed by atoms with van der Waals surface area (Å²) in [7, 11) is 0. The van der Waals surface area contributed by atoms with Gasteiger partial charge in [0.25, 0.3) is 11.8 Å². The van der Waals surface area contributed by atoms with Crippen molar-refractivity contribution in [1.29, 1.82) is 0 Å². The van der Waals surface area contributed by atoms with Crippen LogP contribution in [0.4, 0.5) is 4.39 Å². The number of hydrogen-bond donors (Lipinski definition) is 5. The van der Waals surface area contributed by atoms with Gasteiger partial charge in [0.1, 0.15) is 11.5 Å². The molecule has 0 bridgehead atoms. The largest absolute Gasteiger partial charge is 0.368 e. The minimum Gasteiger partial charge on any atom is -0.368 e. The highest BCUT2D eigenvalue weighted by Gasteiger charge is 2.15. The van der Waals surface area contributed by atoms with Gasteiger partial charge in [-0.3, -0.25) is 14.4 Å². The smallest absolute Gasteiger partial charge is 0.267 e. The summed E-state index contributed by atoms with van der Waals surface area (Å²) < 4.78 is 14.1. The van der Waals surface area contributed by atoms with E-state index in [1.807, 2.05) is 13.8 Å². The van der Waals surface area contributed by atoms with Gasteiger partial charge < -0.3 is 26.3 Å². The third-order valence-electron chi connectivity index (χ3n) is 5.64. The van der Waals surface area contributed by atoms with Crippen LogP contribution in [0, 0.1) is 19.7 Å². The van der Waals surface area contributed by atoms with Crippen LogP contribution < -0.4 is 16.4 Å². The summed E-state index contributed by atoms with van der Waals surface area (Å²) in [6.45, 7) is 3.95. The van der Waals surface area contributed by atoms with E-state index >= 15 is 0 Å². The van der Waals surface area contributed by atoms with Gasteiger partial charge in [-0.05, 0) is 55.7 Å². The van der Waals surface area contributed by atoms with Gasteiger partial charge in [0, 0.05) is 34.1 Å². The average molecular weight is 449 g/mol. The maximum Gasteiger partial charge on any atom is 0.267 e. The number of amides is 3. The van der Waals surface area contributed by atoms with Crippen molar-refractivity contribution in [2.24, 2.45) is 5.73 Å². The van der Waals surface area contributed by atoms with Crippen LogP contribution in [-0.2, 0) is 11.2 Å². The Morgan fingerprint density at radius 1 is 1.00 bits per heavy atom. The summed E-state index contributed by atoms with van der Waals surface area (Å²) in [4.78, 5) is 41.7. The van der Waals surface area contributed by atoms with Crippen LogP contribution in [0.25, 0.3) is 21.8 Å². The Morgan fingerprint density at radius 3 is 2.55 bits per heavy atom. The number of fused-ring (bicyclic) bond motifs is 2. The molecule has 0 fully saturated rings. The Bertz CT molecular complexity index is 1400. The number of carbonyl (C=O) groups is 3. The van der Waals surface area contributed by atoms with E-state index < -0.39 is 11.8 Å². The number of hydrogen-bond acceptors (Lipinski definition) is 3. The number of H-pyrrole nitrogens is 2. The van der Waals surface area contributed by atoms with E-state index in [1.165, 1.54) is 6.07 Å². The van der Waals surface area contributed by atoms with Crippen LogP contribution >= 0.6 is 0 Å². The minimum absolute atomic E-state index is 0.253. The lowest BCUT2D eigenvalue weighted by atomic mass is 10.0. The molecule has 0 spiro atoms. The number of benzene rings is 2. The number of carbonyl (C=O) groups excluding carboxylic acids is 3. The van der Waals surface area contributed by atoms with Gasteiger partial charge in [-0.1, -0.05) is 12.1 Å². The lowest BCUT2D eigenvalue weighted by molar-refractivity contribution is -0.117. The molecule has 0 aliphatic heterocycles. The molecule has 6 N–H and O–H groups in total. The van der Waals surface area contributed by atoms with E-state index in [0.29, 0.717) is 35.3 Å². The maximum absolute atomic E-state index is 14.1. The molecule has 0 atom stereocenters. The summed E-state index contributed by atoms with van der Waals surface area (Å²) in [6, 6.07) is 9.83. The molecular formula is C24H24FN5O3. The Kier molecular flexibility index (Phi) is 5.87. The number of halogens is 1. The average Bonchev–Trinajstić information content (AvgIpc) is 3.36. The highest BCUT2D eigenvalue weighted by molar-refractivity contribution is 6.02. The third kappa shape index (κ3) is 4.43. The molecule has 0 aliphatic carbocycles. The molecule has 0 unspecified atom stereocenters. The normalized spacial score (nSPS) is 11.1. The van der Waals surface area contributed by atoms with E-state index in [1.54, 1.807) is 30.3 Å². The third-order valence-corrected chi connectivity index (χ3v) is 5.64. The first-order valence-electron chi connectivity index (χ1n) is 10.5. The highest BCUT2D eigenvalue weighted by atomic mass is 19.1. The molecule has 0 aliphatic rings. The Morgan fingerprint density at radius 2 is 1.79 bits per heavy atom. The first-order chi connectivity index (χ1) is 15.7. The molecular weight excluding hydrogens is 425 g/mol. The van der Waals surface area contributed by atoms with E-state index in [4.69, 9.17) is 5.73 Å². The van der Waals surface area contributed by atoms with Crippen molar-refractivity contribution in [1.82, 2.24) is 20.6 Å². The summed E-state index contributed by atoms with van der Waals surface area (Å²) in [5.74, 6) is -1.65. The summed E-state index contributed by atoms with van der Waals surface area (Å²) in [6.07, 6.45) is 0.548. The van der Waals surface area contributed by atoms with Gasteiger partial charge in [-0.15, -0.1) is 0 Å². The Hall–Kier alpha value is -4.14. The zero-order chi connectivity index (χ0) is 23.7. The minimum atomic E-state index is -0.633. The van der Waals surface area contributed by atoms with E-state index in [9.17, 15) is 18.8 Å². The lowest BCUT2D eigenvalue weighted by Gasteiger charge is -2.06. The summed E-state index contributed by atoms with van der Waals surface area (Å²) in [5.41, 5.74) is 9.68. The number of aromatic amines is 2. The Balaban J connectivity index is 1.45. The second kappa shape index (κ2) is 8.78. The topological polar surface area (TPSA) is 133 Å². The molecule has 8 nitrogen and oxygen atoms in total. The van der Waals surface area contributed by atoms with Gasteiger partial charge in [0.15, 0.2) is 0 Å². The van der Waals surface area contributed by atoms with Crippen molar-refractivity contribution >= 4 is 39.5 Å². The van der Waals surface area contributed by atoms with Gasteiger partial charge in [-0.25, -0.2) is 4.39 Å². The molecule has 4 rings (SSSR count). The first kappa shape index (κ1) is 22.1. The van der Waals surface area contributed by atoms with Gasteiger partial charge >= 0.3 is 0 Å². The van der Waals surface area contributed by atoms with Crippen LogP contribution in [0.1, 0.15) is 37.7 Å². The fourth-order valence-corrected chi connectivity index (χ4v) is 4.01. The summed E-state index contributed by atoms with van der Waals surface area (Å²) in [5, 5.41) is 6.94. The van der Waals surface area contributed by atoms with Crippen molar-refractivity contribution < 1.29 is 18.8 Å². The molecule has 0 saturated carbocycles. The van der Waals surface area contributed by atoms with E-state index in [-0.39, 0.29) is 18.3 Å². The number of primary amides is 1. The van der Waals surface area contributed by atoms with Crippen molar-refractivity contribution in [2.45, 2.75) is 20.3 Å². The molecule has 2 aromatic carbocycles. The van der Waals surface area contributed by atoms with Gasteiger partial charge in [0.2, 0.25) is 5.91 Å². The predicted molar refractivity (Wildman–Crippen MR) is 124 cm³/mol. The standard InChI is InChI=1S/C24H24FN5O3/c1-12-3-6-17(25)22-21(12)16(13(2)29-22)7-8-27-24(33)19-9-14-4-5-15(10-18(14)30-19)23(32)28-11-20(26)31/h3-6,9-10,29-30H,7-8,11H2,1-2H3,(H2,26,31)(H,27,33)(H,28,32). The zero-order valence-electron chi connectivity index (χ0n) is 18.3. The molecule has 0 radical (unpaired) electrons. The number of nitrogens with one attached hydrogen (secondary N) is 4. The van der Waals surface area contributed by atoms with Crippen LogP contribution in [0.3, 0.4) is 0 Å². The monoisotopic (exact) mass is 449 g/mol. The quantitative estimate of drug-likeness (QED) is 0.297. The molecule has 9 heteroatoms. The van der Waals surface area contributed by atoms with Gasteiger partial charge in [0.05, 0.1) is 12.1 Å².